The number of carbonyl (C=O) groups excluding carboxylic acids is 2. The van der Waals surface area contributed by atoms with Gasteiger partial charge >= 0.3 is 0 Å². The van der Waals surface area contributed by atoms with Crippen LogP contribution in [0.1, 0.15) is 182 Å². The maximum Gasteiger partial charge on any atom is 0.241 e. The van der Waals surface area contributed by atoms with Crippen molar-refractivity contribution in [2.24, 2.45) is 0 Å². The number of anilines is 4. The fraction of sp³-hybridized carbons (Fsp3) is 0.486. The van der Waals surface area contributed by atoms with E-state index in [0.717, 1.165) is 116 Å². The molecule has 0 atom stereocenters. The minimum absolute atomic E-state index is 0.191. The van der Waals surface area contributed by atoms with Gasteiger partial charge in [0, 0.05) is 64.1 Å². The number of hydrogen-bond donors (Lipinski definition) is 2. The Morgan fingerprint density at radius 2 is 1.00 bits per heavy atom. The SMILES string of the molecule is CC(C)c1ccc(F)c(Cl)c1.CC(C)c1ccc(N2CCNCC2)c(Cl)c1.CC(C)c1ccc2c(c1)CCCC(=O)N2C.CC(C)c1ccc2c(c1)CCN2C(=O)CN(C)C.CC(C)c1ccc2c(c1)NCCCO2.CC(C)c1ccc2c(c1)OCCO2. The quantitative estimate of drug-likeness (QED) is 0.147. The third kappa shape index (κ3) is 20.9. The van der Waals surface area contributed by atoms with Crippen molar-refractivity contribution in [3.05, 3.63) is 170 Å². The molecule has 0 bridgehead atoms. The predicted octanol–water partition coefficient (Wildman–Crippen LogP) is 17.4. The van der Waals surface area contributed by atoms with Crippen molar-refractivity contribution in [3.63, 3.8) is 0 Å². The number of benzene rings is 6. The summed E-state index contributed by atoms with van der Waals surface area (Å²) in [5.41, 5.74) is 14.9. The Morgan fingerprint density at radius 1 is 0.523 bits per heavy atom. The van der Waals surface area contributed by atoms with Gasteiger partial charge in [0.1, 0.15) is 24.8 Å². The number of nitrogens with zero attached hydrogens (tertiary/aromatic N) is 4. The predicted molar refractivity (Wildman–Crippen MR) is 369 cm³/mol. The molecule has 2 amide bonds. The first-order valence-corrected chi connectivity index (χ1v) is 32.7. The standard InChI is InChI=1S/C15H22N2O.C14H19NO.C13H19ClN2.C12H17NO.C11H14O2.C9H10ClF/c1-11(2)12-5-6-14-13(9-12)7-8-17(14)15(18)10-16(3)4;1-10(2)11-7-8-13-12(9-11)5-4-6-14(16)15(13)3;1-10(2)11-3-4-13(12(14)9-11)16-7-5-15-6-8-16;1-9(2)10-4-5-12-11(8-10)13-6-3-7-14-12;1-8(2)9-3-4-10-11(7-9)13-6-5-12-10;1-6(2)7-3-4-9(11)8(10)5-7/h5-6,9,11H,7-8,10H2,1-4H3;7-10H,4-6H2,1-3H3;3-4,9-10,15H,5-8H2,1-2H3;4-5,8-9,13H,3,6-7H2,1-2H3;3-4,7-8H,5-6H2,1-2H3;3-6H,1-2H3. The van der Waals surface area contributed by atoms with Crippen molar-refractivity contribution in [3.8, 4) is 17.2 Å². The van der Waals surface area contributed by atoms with Crippen LogP contribution in [0.25, 0.3) is 0 Å². The average molecular weight is 1240 g/mol. The number of nitrogens with one attached hydrogen (secondary N) is 2. The molecule has 5 aliphatic heterocycles. The molecule has 0 aliphatic carbocycles. The zero-order chi connectivity index (χ0) is 64.2. The molecule has 0 spiro atoms. The van der Waals surface area contributed by atoms with Crippen LogP contribution in [0.2, 0.25) is 10.0 Å². The first-order valence-electron chi connectivity index (χ1n) is 32.0. The van der Waals surface area contributed by atoms with Crippen LogP contribution in [0.15, 0.2) is 109 Å². The molecule has 88 heavy (non-hydrogen) atoms. The molecule has 11 rings (SSSR count). The van der Waals surface area contributed by atoms with Crippen molar-refractivity contribution in [2.75, 3.05) is 107 Å². The minimum Gasteiger partial charge on any atom is -0.491 e. The third-order valence-corrected chi connectivity index (χ3v) is 16.9. The van der Waals surface area contributed by atoms with E-state index in [9.17, 15) is 14.0 Å². The van der Waals surface area contributed by atoms with Gasteiger partial charge in [-0.15, -0.1) is 0 Å². The number of amides is 2. The van der Waals surface area contributed by atoms with Gasteiger partial charge in [0.15, 0.2) is 11.5 Å². The van der Waals surface area contributed by atoms with Gasteiger partial charge < -0.3 is 44.4 Å². The van der Waals surface area contributed by atoms with E-state index in [1.165, 1.54) is 50.7 Å². The smallest absolute Gasteiger partial charge is 0.241 e. The zero-order valence-corrected chi connectivity index (χ0v) is 56.9. The summed E-state index contributed by atoms with van der Waals surface area (Å²) in [6.07, 6.45) is 4.71. The van der Waals surface area contributed by atoms with Gasteiger partial charge in [-0.2, -0.15) is 0 Å². The summed E-state index contributed by atoms with van der Waals surface area (Å²) in [5, 5.41) is 7.83. The summed E-state index contributed by atoms with van der Waals surface area (Å²) in [6, 6.07) is 36.8. The highest BCUT2D eigenvalue weighted by atomic mass is 35.5. The van der Waals surface area contributed by atoms with Crippen LogP contribution in [-0.2, 0) is 22.4 Å². The molecule has 5 heterocycles. The van der Waals surface area contributed by atoms with Crippen LogP contribution in [0, 0.1) is 5.82 Å². The van der Waals surface area contributed by atoms with Crippen molar-refractivity contribution in [1.82, 2.24) is 10.2 Å². The Labute approximate surface area is 537 Å². The number of carbonyl (C=O) groups is 2. The summed E-state index contributed by atoms with van der Waals surface area (Å²) < 4.78 is 29.2. The molecular formula is C74H101Cl2FN6O5. The molecule has 6 aromatic rings. The Bertz CT molecular complexity index is 3190. The van der Waals surface area contributed by atoms with E-state index in [-0.39, 0.29) is 22.7 Å². The molecule has 0 aromatic heterocycles. The third-order valence-electron chi connectivity index (χ3n) is 16.3. The first kappa shape index (κ1) is 70.8. The van der Waals surface area contributed by atoms with Crippen molar-refractivity contribution in [1.29, 1.82) is 0 Å². The summed E-state index contributed by atoms with van der Waals surface area (Å²) in [4.78, 5) is 31.8. The first-order chi connectivity index (χ1) is 41.9. The molecule has 6 aromatic carbocycles. The zero-order valence-electron chi connectivity index (χ0n) is 55.4. The molecule has 478 valence electrons. The largest absolute Gasteiger partial charge is 0.491 e. The Hall–Kier alpha value is -6.31. The molecule has 11 nitrogen and oxygen atoms in total. The Kier molecular flexibility index (Phi) is 27.8. The highest BCUT2D eigenvalue weighted by molar-refractivity contribution is 6.33. The molecule has 5 aliphatic rings. The van der Waals surface area contributed by atoms with Gasteiger partial charge in [0.2, 0.25) is 11.8 Å². The summed E-state index contributed by atoms with van der Waals surface area (Å²) in [6.45, 7) is 34.7. The lowest BCUT2D eigenvalue weighted by Crippen LogP contribution is -2.43. The molecule has 1 fully saturated rings. The van der Waals surface area contributed by atoms with Gasteiger partial charge in [0.05, 0.1) is 34.6 Å². The van der Waals surface area contributed by atoms with E-state index < -0.39 is 0 Å². The summed E-state index contributed by atoms with van der Waals surface area (Å²) >= 11 is 11.9. The lowest BCUT2D eigenvalue weighted by molar-refractivity contribution is -0.119. The molecule has 0 saturated carbocycles. The van der Waals surface area contributed by atoms with Crippen LogP contribution >= 0.6 is 23.2 Å². The van der Waals surface area contributed by atoms with Crippen molar-refractivity contribution in [2.45, 2.75) is 151 Å². The van der Waals surface area contributed by atoms with Crippen LogP contribution in [-0.4, -0.2) is 103 Å². The van der Waals surface area contributed by atoms with Gasteiger partial charge in [0.25, 0.3) is 0 Å². The van der Waals surface area contributed by atoms with Gasteiger partial charge in [-0.05, 0) is 180 Å². The topological polar surface area (TPSA) is 98.9 Å². The maximum absolute atomic E-state index is 12.6. The van der Waals surface area contributed by atoms with Crippen LogP contribution < -0.4 is 39.5 Å². The number of ether oxygens (including phenoxy) is 3. The molecular weight excluding hydrogens is 1140 g/mol. The average Bonchev–Trinajstić information content (AvgIpc) is 3.57. The van der Waals surface area contributed by atoms with E-state index in [0.29, 0.717) is 61.7 Å². The van der Waals surface area contributed by atoms with E-state index in [4.69, 9.17) is 37.4 Å². The molecule has 0 unspecified atom stereocenters. The fourth-order valence-corrected chi connectivity index (χ4v) is 11.1. The van der Waals surface area contributed by atoms with Crippen LogP contribution in [0.4, 0.5) is 27.1 Å². The highest BCUT2D eigenvalue weighted by Crippen LogP contribution is 2.36. The summed E-state index contributed by atoms with van der Waals surface area (Å²) in [7, 11) is 5.73. The number of aryl methyl sites for hydroxylation is 1. The number of likely N-dealkylation sites (N-methyl/N-ethyl adjacent to an activating group) is 1. The van der Waals surface area contributed by atoms with Gasteiger partial charge in [-0.3, -0.25) is 9.59 Å². The molecule has 1 saturated heterocycles. The van der Waals surface area contributed by atoms with Crippen molar-refractivity contribution < 1.29 is 28.2 Å². The Morgan fingerprint density at radius 3 is 1.57 bits per heavy atom. The lowest BCUT2D eigenvalue weighted by Gasteiger charge is -2.30. The second kappa shape index (κ2) is 34.6. The Balaban J connectivity index is 0.000000170. The van der Waals surface area contributed by atoms with Crippen LogP contribution in [0.3, 0.4) is 0 Å². The second-order valence-electron chi connectivity index (χ2n) is 25.5. The number of hydrogen-bond acceptors (Lipinski definition) is 9. The van der Waals surface area contributed by atoms with E-state index in [2.05, 4.69) is 170 Å². The minimum atomic E-state index is -0.351. The maximum atomic E-state index is 12.6. The van der Waals surface area contributed by atoms with Gasteiger partial charge in [-0.25, -0.2) is 4.39 Å². The molecule has 14 heteroatoms. The molecule has 0 radical (unpaired) electrons. The normalized spacial score (nSPS) is 14.9. The van der Waals surface area contributed by atoms with E-state index in [1.54, 1.807) is 17.0 Å². The van der Waals surface area contributed by atoms with Crippen LogP contribution in [0.5, 0.6) is 17.2 Å². The summed E-state index contributed by atoms with van der Waals surface area (Å²) in [5.74, 6) is 5.96. The number of halogens is 3. The van der Waals surface area contributed by atoms with Crippen molar-refractivity contribution >= 4 is 57.8 Å². The number of piperazine rings is 1. The second-order valence-corrected chi connectivity index (χ2v) is 26.3. The van der Waals surface area contributed by atoms with E-state index >= 15 is 0 Å². The lowest BCUT2D eigenvalue weighted by atomic mass is 9.98. The number of fused-ring (bicyclic) bond motifs is 4. The monoisotopic (exact) mass is 1240 g/mol. The van der Waals surface area contributed by atoms with E-state index in [1.807, 2.05) is 50.9 Å². The fourth-order valence-electron chi connectivity index (χ4n) is 10.6. The number of rotatable bonds is 9. The molecule has 2 N–H and O–H groups in total. The van der Waals surface area contributed by atoms with Gasteiger partial charge in [-0.1, -0.05) is 155 Å². The highest BCUT2D eigenvalue weighted by Gasteiger charge is 2.26.